The number of methoxy groups -OCH3 is 1. The second-order valence-electron chi connectivity index (χ2n) is 4.77. The fourth-order valence-electron chi connectivity index (χ4n) is 2.05. The maximum atomic E-state index is 11.9. The van der Waals surface area contributed by atoms with Crippen molar-refractivity contribution in [2.75, 3.05) is 13.7 Å². The van der Waals surface area contributed by atoms with Gasteiger partial charge in [-0.05, 0) is 19.9 Å². The van der Waals surface area contributed by atoms with Crippen LogP contribution in [0.5, 0.6) is 6.01 Å². The zero-order valence-corrected chi connectivity index (χ0v) is 13.0. The zero-order chi connectivity index (χ0) is 16.3. The fourth-order valence-corrected chi connectivity index (χ4v) is 2.05. The van der Waals surface area contributed by atoms with Gasteiger partial charge in [-0.1, -0.05) is 0 Å². The highest BCUT2D eigenvalue weighted by atomic mass is 16.5. The number of aromatic nitrogens is 5. The minimum atomic E-state index is -0.426. The highest BCUT2D eigenvalue weighted by Gasteiger charge is 2.14. The molecule has 0 fully saturated rings. The summed E-state index contributed by atoms with van der Waals surface area (Å²) in [5.74, 6) is -0.407. The monoisotopic (exact) mass is 306 g/mol. The van der Waals surface area contributed by atoms with Gasteiger partial charge in [0.2, 0.25) is 5.82 Å². The largest absolute Gasteiger partial charge is 0.467 e. The van der Waals surface area contributed by atoms with Crippen LogP contribution in [0, 0.1) is 13.8 Å². The van der Waals surface area contributed by atoms with Crippen molar-refractivity contribution in [3.8, 4) is 6.01 Å². The summed E-state index contributed by atoms with van der Waals surface area (Å²) in [5.41, 5.74) is 1.14. The van der Waals surface area contributed by atoms with Gasteiger partial charge < -0.3 is 10.1 Å². The lowest BCUT2D eigenvalue weighted by Gasteiger charge is -2.09. The van der Waals surface area contributed by atoms with Crippen LogP contribution in [0.15, 0.2) is 10.9 Å². The van der Waals surface area contributed by atoms with E-state index in [2.05, 4.69) is 20.4 Å². The highest BCUT2D eigenvalue weighted by molar-refractivity contribution is 5.90. The molecule has 0 saturated heterocycles. The molecule has 22 heavy (non-hydrogen) atoms. The minimum absolute atomic E-state index is 0.0189. The fraction of sp³-hybridized carbons (Fsp3) is 0.462. The highest BCUT2D eigenvalue weighted by Crippen LogP contribution is 2.04. The summed E-state index contributed by atoms with van der Waals surface area (Å²) in [6.07, 6.45) is 0. The summed E-state index contributed by atoms with van der Waals surface area (Å²) in [5, 5.41) is 6.60. The second kappa shape index (κ2) is 6.37. The summed E-state index contributed by atoms with van der Waals surface area (Å²) >= 11 is 0. The molecule has 2 rings (SSSR count). The Kier molecular flexibility index (Phi) is 4.54. The molecule has 1 amide bonds. The van der Waals surface area contributed by atoms with Gasteiger partial charge in [-0.3, -0.25) is 9.36 Å². The zero-order valence-electron chi connectivity index (χ0n) is 13.0. The molecule has 1 N–H and O–H groups in total. The molecule has 9 heteroatoms. The Hall–Kier alpha value is -2.71. The summed E-state index contributed by atoms with van der Waals surface area (Å²) in [6, 6.07) is 2.06. The van der Waals surface area contributed by atoms with Crippen molar-refractivity contribution in [2.24, 2.45) is 7.05 Å². The second-order valence-corrected chi connectivity index (χ2v) is 4.77. The molecule has 0 aliphatic carbocycles. The molecule has 0 atom stereocenters. The molecule has 0 radical (unpaired) electrons. The van der Waals surface area contributed by atoms with E-state index in [1.807, 2.05) is 13.0 Å². The number of amides is 1. The topological polar surface area (TPSA) is 104 Å². The Labute approximate surface area is 127 Å². The predicted molar refractivity (Wildman–Crippen MR) is 77.9 cm³/mol. The number of nitrogens with zero attached hydrogens (tertiary/aromatic N) is 5. The van der Waals surface area contributed by atoms with Gasteiger partial charge in [-0.2, -0.15) is 9.97 Å². The summed E-state index contributed by atoms with van der Waals surface area (Å²) < 4.78 is 7.82. The van der Waals surface area contributed by atoms with E-state index >= 15 is 0 Å². The number of nitrogens with one attached hydrogen (secondary N) is 1. The SMILES string of the molecule is COc1nc(C(=O)NCCn2c(C)cc(C)nc2=O)nn1C. The van der Waals surface area contributed by atoms with Crippen molar-refractivity contribution in [2.45, 2.75) is 20.4 Å². The molecule has 2 aromatic heterocycles. The molecular formula is C13H18N6O3. The van der Waals surface area contributed by atoms with Crippen molar-refractivity contribution in [3.63, 3.8) is 0 Å². The average molecular weight is 306 g/mol. The van der Waals surface area contributed by atoms with Crippen LogP contribution < -0.4 is 15.7 Å². The van der Waals surface area contributed by atoms with Gasteiger partial charge >= 0.3 is 11.7 Å². The van der Waals surface area contributed by atoms with E-state index in [1.165, 1.54) is 16.4 Å². The number of carbonyl (C=O) groups excluding carboxylic acids is 1. The Morgan fingerprint density at radius 1 is 1.36 bits per heavy atom. The van der Waals surface area contributed by atoms with Crippen LogP contribution in [0.25, 0.3) is 0 Å². The van der Waals surface area contributed by atoms with E-state index in [4.69, 9.17) is 4.74 Å². The van der Waals surface area contributed by atoms with Crippen molar-refractivity contribution < 1.29 is 9.53 Å². The first kappa shape index (κ1) is 15.7. The Morgan fingerprint density at radius 2 is 2.09 bits per heavy atom. The number of hydrogen-bond acceptors (Lipinski definition) is 6. The maximum absolute atomic E-state index is 11.9. The van der Waals surface area contributed by atoms with Crippen LogP contribution in [0.3, 0.4) is 0 Å². The number of ether oxygens (including phenoxy) is 1. The molecule has 2 heterocycles. The predicted octanol–water partition coefficient (Wildman–Crippen LogP) is -0.573. The molecule has 118 valence electrons. The van der Waals surface area contributed by atoms with Crippen molar-refractivity contribution in [1.82, 2.24) is 29.6 Å². The van der Waals surface area contributed by atoms with Crippen molar-refractivity contribution in [3.05, 3.63) is 33.8 Å². The molecule has 0 aliphatic heterocycles. The van der Waals surface area contributed by atoms with E-state index in [9.17, 15) is 9.59 Å². The first-order chi connectivity index (χ1) is 10.4. The number of aryl methyl sites for hydroxylation is 3. The average Bonchev–Trinajstić information content (AvgIpc) is 2.82. The summed E-state index contributed by atoms with van der Waals surface area (Å²) in [4.78, 5) is 31.5. The van der Waals surface area contributed by atoms with Gasteiger partial charge in [0.25, 0.3) is 5.91 Å². The van der Waals surface area contributed by atoms with E-state index in [-0.39, 0.29) is 24.1 Å². The summed E-state index contributed by atoms with van der Waals surface area (Å²) in [7, 11) is 3.08. The normalized spacial score (nSPS) is 10.5. The standard InChI is InChI=1S/C13H18N6O3/c1-8-7-9(2)19(12(21)15-8)6-5-14-11(20)10-16-13(22-4)18(3)17-10/h7H,5-6H2,1-4H3,(H,14,20). The van der Waals surface area contributed by atoms with Crippen LogP contribution >= 0.6 is 0 Å². The number of hydrogen-bond donors (Lipinski definition) is 1. The molecule has 0 aromatic carbocycles. The van der Waals surface area contributed by atoms with Gasteiger partial charge in [0, 0.05) is 31.5 Å². The smallest absolute Gasteiger partial charge is 0.348 e. The lowest BCUT2D eigenvalue weighted by atomic mass is 10.3. The van der Waals surface area contributed by atoms with Crippen LogP contribution in [0.4, 0.5) is 0 Å². The van der Waals surface area contributed by atoms with Crippen LogP contribution in [0.2, 0.25) is 0 Å². The lowest BCUT2D eigenvalue weighted by molar-refractivity contribution is 0.0941. The Balaban J connectivity index is 1.99. The van der Waals surface area contributed by atoms with Crippen LogP contribution in [0.1, 0.15) is 22.0 Å². The van der Waals surface area contributed by atoms with E-state index in [0.717, 1.165) is 5.69 Å². The molecular weight excluding hydrogens is 288 g/mol. The van der Waals surface area contributed by atoms with Crippen LogP contribution in [-0.2, 0) is 13.6 Å². The molecule has 0 unspecified atom stereocenters. The first-order valence-electron chi connectivity index (χ1n) is 6.70. The molecule has 0 bridgehead atoms. The molecule has 9 nitrogen and oxygen atoms in total. The Morgan fingerprint density at radius 3 is 2.68 bits per heavy atom. The minimum Gasteiger partial charge on any atom is -0.467 e. The van der Waals surface area contributed by atoms with E-state index < -0.39 is 5.91 Å². The summed E-state index contributed by atoms with van der Waals surface area (Å²) in [6.45, 7) is 4.18. The molecule has 0 spiro atoms. The van der Waals surface area contributed by atoms with E-state index in [0.29, 0.717) is 12.2 Å². The third kappa shape index (κ3) is 3.30. The van der Waals surface area contributed by atoms with Crippen LogP contribution in [-0.4, -0.2) is 43.9 Å². The molecule has 0 saturated carbocycles. The van der Waals surface area contributed by atoms with Gasteiger partial charge in [-0.25, -0.2) is 9.48 Å². The maximum Gasteiger partial charge on any atom is 0.348 e. The van der Waals surface area contributed by atoms with Crippen molar-refractivity contribution in [1.29, 1.82) is 0 Å². The number of rotatable bonds is 5. The Bertz CT molecular complexity index is 749. The molecule has 0 aliphatic rings. The van der Waals surface area contributed by atoms with E-state index in [1.54, 1.807) is 14.0 Å². The third-order valence-electron chi connectivity index (χ3n) is 3.08. The lowest BCUT2D eigenvalue weighted by Crippen LogP contribution is -2.33. The van der Waals surface area contributed by atoms with Crippen molar-refractivity contribution >= 4 is 5.91 Å². The first-order valence-corrected chi connectivity index (χ1v) is 6.70. The third-order valence-corrected chi connectivity index (χ3v) is 3.08. The van der Waals surface area contributed by atoms with Gasteiger partial charge in [0.15, 0.2) is 0 Å². The van der Waals surface area contributed by atoms with Gasteiger partial charge in [0.05, 0.1) is 7.11 Å². The molecule has 2 aromatic rings. The quantitative estimate of drug-likeness (QED) is 0.793. The number of carbonyl (C=O) groups is 1. The van der Waals surface area contributed by atoms with Gasteiger partial charge in [0.1, 0.15) is 0 Å². The van der Waals surface area contributed by atoms with Gasteiger partial charge in [-0.15, -0.1) is 5.10 Å².